The maximum atomic E-state index is 6.09. The van der Waals surface area contributed by atoms with Crippen LogP contribution in [-0.4, -0.2) is 36.0 Å². The fourth-order valence-electron chi connectivity index (χ4n) is 2.98. The van der Waals surface area contributed by atoms with Crippen molar-refractivity contribution in [3.8, 4) is 0 Å². The van der Waals surface area contributed by atoms with Crippen LogP contribution in [0.4, 0.5) is 0 Å². The molecule has 0 aromatic heterocycles. The van der Waals surface area contributed by atoms with Gasteiger partial charge in [0, 0.05) is 6.54 Å². The highest BCUT2D eigenvalue weighted by Crippen LogP contribution is 2.32. The number of hydrogen-bond acceptors (Lipinski definition) is 4. The van der Waals surface area contributed by atoms with Gasteiger partial charge in [-0.3, -0.25) is 4.99 Å². The standard InChI is InChI=1S/C14H20N4/c15-13-17-11-14(6-8-16-9-7-14)18(13)10-12-4-2-1-3-5-12/h1-5,16H,6-11H2,(H2,15,17). The monoisotopic (exact) mass is 244 g/mol. The second-order valence-corrected chi connectivity index (χ2v) is 5.22. The minimum atomic E-state index is 0.158. The summed E-state index contributed by atoms with van der Waals surface area (Å²) in [6.07, 6.45) is 2.26. The molecule has 2 heterocycles. The summed E-state index contributed by atoms with van der Waals surface area (Å²) in [5, 5.41) is 3.42. The molecule has 0 bridgehead atoms. The molecule has 0 unspecified atom stereocenters. The Morgan fingerprint density at radius 2 is 1.94 bits per heavy atom. The smallest absolute Gasteiger partial charge is 0.192 e. The van der Waals surface area contributed by atoms with Crippen LogP contribution >= 0.6 is 0 Å². The topological polar surface area (TPSA) is 53.6 Å². The Bertz CT molecular complexity index is 434. The molecule has 0 saturated carbocycles. The van der Waals surface area contributed by atoms with Crippen LogP contribution in [0, 0.1) is 0 Å². The van der Waals surface area contributed by atoms with Gasteiger partial charge in [0.05, 0.1) is 12.1 Å². The predicted octanol–water partition coefficient (Wildman–Crippen LogP) is 0.939. The number of guanidine groups is 1. The maximum Gasteiger partial charge on any atom is 0.192 e. The van der Waals surface area contributed by atoms with E-state index in [2.05, 4.69) is 39.5 Å². The van der Waals surface area contributed by atoms with Crippen molar-refractivity contribution in [2.45, 2.75) is 24.9 Å². The summed E-state index contributed by atoms with van der Waals surface area (Å²) in [4.78, 5) is 6.79. The molecule has 4 nitrogen and oxygen atoms in total. The minimum Gasteiger partial charge on any atom is -0.370 e. The maximum absolute atomic E-state index is 6.09. The van der Waals surface area contributed by atoms with Crippen LogP contribution in [0.1, 0.15) is 18.4 Å². The van der Waals surface area contributed by atoms with E-state index in [0.717, 1.165) is 39.0 Å². The van der Waals surface area contributed by atoms with Crippen LogP contribution in [0.25, 0.3) is 0 Å². The molecule has 1 saturated heterocycles. The summed E-state index contributed by atoms with van der Waals surface area (Å²) in [7, 11) is 0. The van der Waals surface area contributed by atoms with Crippen LogP contribution in [0.15, 0.2) is 35.3 Å². The summed E-state index contributed by atoms with van der Waals surface area (Å²) < 4.78 is 0. The molecule has 1 aromatic carbocycles. The van der Waals surface area contributed by atoms with E-state index in [1.54, 1.807) is 0 Å². The number of aliphatic imine (C=N–C) groups is 1. The van der Waals surface area contributed by atoms with E-state index in [1.165, 1.54) is 5.56 Å². The lowest BCUT2D eigenvalue weighted by atomic mass is 9.87. The molecule has 1 spiro atoms. The molecule has 3 rings (SSSR count). The first-order chi connectivity index (χ1) is 8.80. The lowest BCUT2D eigenvalue weighted by Gasteiger charge is -2.42. The molecule has 0 aliphatic carbocycles. The SMILES string of the molecule is NC1=NCC2(CCNCC2)N1Cc1ccccc1. The van der Waals surface area contributed by atoms with Gasteiger partial charge in [0.15, 0.2) is 5.96 Å². The summed E-state index contributed by atoms with van der Waals surface area (Å²) in [5.74, 6) is 0.709. The van der Waals surface area contributed by atoms with Crippen LogP contribution in [0.5, 0.6) is 0 Å². The van der Waals surface area contributed by atoms with E-state index in [4.69, 9.17) is 5.73 Å². The minimum absolute atomic E-state index is 0.158. The summed E-state index contributed by atoms with van der Waals surface area (Å²) >= 11 is 0. The fourth-order valence-corrected chi connectivity index (χ4v) is 2.98. The van der Waals surface area contributed by atoms with Gasteiger partial charge in [0.1, 0.15) is 0 Å². The molecule has 0 atom stereocenters. The van der Waals surface area contributed by atoms with Crippen molar-refractivity contribution >= 4 is 5.96 Å². The van der Waals surface area contributed by atoms with Gasteiger partial charge in [-0.15, -0.1) is 0 Å². The van der Waals surface area contributed by atoms with Crippen LogP contribution in [0.3, 0.4) is 0 Å². The zero-order chi connectivity index (χ0) is 12.4. The van der Waals surface area contributed by atoms with Crippen molar-refractivity contribution in [3.63, 3.8) is 0 Å². The van der Waals surface area contributed by atoms with E-state index in [1.807, 2.05) is 6.07 Å². The lowest BCUT2D eigenvalue weighted by Crippen LogP contribution is -2.56. The molecular formula is C14H20N4. The average molecular weight is 244 g/mol. The Morgan fingerprint density at radius 1 is 1.22 bits per heavy atom. The first kappa shape index (κ1) is 11.5. The van der Waals surface area contributed by atoms with Gasteiger partial charge in [0.25, 0.3) is 0 Å². The Balaban J connectivity index is 1.81. The quantitative estimate of drug-likeness (QED) is 0.814. The Labute approximate surface area is 108 Å². The third kappa shape index (κ3) is 1.97. The molecule has 1 aromatic rings. The number of benzene rings is 1. The molecule has 0 radical (unpaired) electrons. The van der Waals surface area contributed by atoms with Crippen molar-refractivity contribution in [1.82, 2.24) is 10.2 Å². The second-order valence-electron chi connectivity index (χ2n) is 5.22. The molecule has 3 N–H and O–H groups in total. The van der Waals surface area contributed by atoms with Crippen molar-refractivity contribution in [1.29, 1.82) is 0 Å². The number of nitrogens with zero attached hydrogens (tertiary/aromatic N) is 2. The van der Waals surface area contributed by atoms with Gasteiger partial charge < -0.3 is 16.0 Å². The molecule has 2 aliphatic rings. The third-order valence-electron chi connectivity index (χ3n) is 4.10. The van der Waals surface area contributed by atoms with Gasteiger partial charge >= 0.3 is 0 Å². The molecule has 0 amide bonds. The van der Waals surface area contributed by atoms with Gasteiger partial charge in [-0.25, -0.2) is 0 Å². The van der Waals surface area contributed by atoms with Crippen LogP contribution in [-0.2, 0) is 6.54 Å². The van der Waals surface area contributed by atoms with Crippen LogP contribution in [0.2, 0.25) is 0 Å². The van der Waals surface area contributed by atoms with E-state index in [0.29, 0.717) is 5.96 Å². The van der Waals surface area contributed by atoms with E-state index >= 15 is 0 Å². The predicted molar refractivity (Wildman–Crippen MR) is 73.3 cm³/mol. The van der Waals surface area contributed by atoms with Crippen molar-refractivity contribution in [3.05, 3.63) is 35.9 Å². The van der Waals surface area contributed by atoms with E-state index < -0.39 is 0 Å². The highest BCUT2D eigenvalue weighted by Gasteiger charge is 2.42. The van der Waals surface area contributed by atoms with Crippen molar-refractivity contribution in [2.24, 2.45) is 10.7 Å². The normalized spacial score (nSPS) is 22.2. The van der Waals surface area contributed by atoms with Gasteiger partial charge in [-0.1, -0.05) is 30.3 Å². The second kappa shape index (κ2) is 4.61. The van der Waals surface area contributed by atoms with E-state index in [-0.39, 0.29) is 5.54 Å². The Morgan fingerprint density at radius 3 is 2.67 bits per heavy atom. The number of nitrogens with two attached hydrogens (primary N) is 1. The Hall–Kier alpha value is -1.55. The summed E-state index contributed by atoms with van der Waals surface area (Å²) in [5.41, 5.74) is 7.55. The molecule has 2 aliphatic heterocycles. The Kier molecular flexibility index (Phi) is 2.96. The number of piperidine rings is 1. The van der Waals surface area contributed by atoms with Gasteiger partial charge in [-0.2, -0.15) is 0 Å². The van der Waals surface area contributed by atoms with Crippen molar-refractivity contribution < 1.29 is 0 Å². The molecular weight excluding hydrogens is 224 g/mol. The number of hydrogen-bond donors (Lipinski definition) is 2. The van der Waals surface area contributed by atoms with Crippen molar-refractivity contribution in [2.75, 3.05) is 19.6 Å². The molecule has 4 heteroatoms. The summed E-state index contributed by atoms with van der Waals surface area (Å²) in [6.45, 7) is 3.85. The van der Waals surface area contributed by atoms with Crippen LogP contribution < -0.4 is 11.1 Å². The third-order valence-corrected chi connectivity index (χ3v) is 4.10. The average Bonchev–Trinajstić information content (AvgIpc) is 2.71. The highest BCUT2D eigenvalue weighted by atomic mass is 15.4. The van der Waals surface area contributed by atoms with E-state index in [9.17, 15) is 0 Å². The number of nitrogens with one attached hydrogen (secondary N) is 1. The molecule has 1 fully saturated rings. The zero-order valence-electron chi connectivity index (χ0n) is 10.6. The molecule has 96 valence electrons. The zero-order valence-corrected chi connectivity index (χ0v) is 10.6. The molecule has 18 heavy (non-hydrogen) atoms. The highest BCUT2D eigenvalue weighted by molar-refractivity contribution is 5.81. The number of rotatable bonds is 2. The lowest BCUT2D eigenvalue weighted by molar-refractivity contribution is 0.144. The first-order valence-electron chi connectivity index (χ1n) is 6.62. The fraction of sp³-hybridized carbons (Fsp3) is 0.500. The van der Waals surface area contributed by atoms with Gasteiger partial charge in [-0.05, 0) is 31.5 Å². The van der Waals surface area contributed by atoms with Gasteiger partial charge in [0.2, 0.25) is 0 Å². The summed E-state index contributed by atoms with van der Waals surface area (Å²) in [6, 6.07) is 10.5. The largest absolute Gasteiger partial charge is 0.370 e. The first-order valence-corrected chi connectivity index (χ1v) is 6.62.